The van der Waals surface area contributed by atoms with Crippen molar-refractivity contribution in [2.24, 2.45) is 0 Å². The van der Waals surface area contributed by atoms with Crippen LogP contribution >= 0.6 is 24.0 Å². The van der Waals surface area contributed by atoms with E-state index in [1.807, 2.05) is 12.1 Å². The molecule has 3 rings (SSSR count). The first-order valence-corrected chi connectivity index (χ1v) is 5.80. The normalized spacial score (nSPS) is 19.2. The van der Waals surface area contributed by atoms with Gasteiger partial charge in [0.15, 0.2) is 0 Å². The van der Waals surface area contributed by atoms with Gasteiger partial charge in [-0.25, -0.2) is 0 Å². The Bertz CT molecular complexity index is 490. The zero-order chi connectivity index (χ0) is 10.3. The number of thioether (sulfide) groups is 1. The molecule has 0 spiro atoms. The maximum Gasteiger partial charge on any atom is 0.0856 e. The van der Waals surface area contributed by atoms with Gasteiger partial charge in [-0.1, -0.05) is 24.4 Å². The van der Waals surface area contributed by atoms with Crippen molar-refractivity contribution in [1.82, 2.24) is 15.0 Å². The smallest absolute Gasteiger partial charge is 0.0856 e. The minimum absolute atomic E-state index is 0.430. The first-order chi connectivity index (χ1) is 7.34. The van der Waals surface area contributed by atoms with Gasteiger partial charge < -0.3 is 0 Å². The van der Waals surface area contributed by atoms with Gasteiger partial charge in [-0.3, -0.25) is 0 Å². The summed E-state index contributed by atoms with van der Waals surface area (Å²) in [7, 11) is 0. The molecule has 1 saturated heterocycles. The molecule has 2 aromatic rings. The second-order valence-electron chi connectivity index (χ2n) is 3.23. The standard InChI is InChI=1S/C10H7N3S2/c14-10-9(15-10)7-1-3-8(4-2-7)13-11-5-6-12-13/h1-6,9H. The third kappa shape index (κ3) is 1.68. The van der Waals surface area contributed by atoms with E-state index < -0.39 is 0 Å². The third-order valence-electron chi connectivity index (χ3n) is 2.24. The zero-order valence-corrected chi connectivity index (χ0v) is 9.33. The molecule has 0 N–H and O–H groups in total. The van der Waals surface area contributed by atoms with Crippen molar-refractivity contribution in [3.8, 4) is 5.69 Å². The Hall–Kier alpha value is -1.20. The van der Waals surface area contributed by atoms with Crippen LogP contribution in [0.15, 0.2) is 36.7 Å². The molecule has 15 heavy (non-hydrogen) atoms. The summed E-state index contributed by atoms with van der Waals surface area (Å²) in [6.07, 6.45) is 3.33. The molecule has 5 heteroatoms. The molecule has 0 aliphatic carbocycles. The summed E-state index contributed by atoms with van der Waals surface area (Å²) in [5.74, 6) is 0. The molecule has 1 unspecified atom stereocenters. The highest BCUT2D eigenvalue weighted by molar-refractivity contribution is 8.34. The molecule has 1 atom stereocenters. The van der Waals surface area contributed by atoms with Gasteiger partial charge in [-0.05, 0) is 17.7 Å². The lowest BCUT2D eigenvalue weighted by atomic mass is 10.1. The molecule has 0 amide bonds. The van der Waals surface area contributed by atoms with Crippen molar-refractivity contribution in [2.45, 2.75) is 5.25 Å². The van der Waals surface area contributed by atoms with E-state index in [4.69, 9.17) is 12.2 Å². The van der Waals surface area contributed by atoms with Crippen molar-refractivity contribution in [2.75, 3.05) is 0 Å². The van der Waals surface area contributed by atoms with Crippen LogP contribution in [0.2, 0.25) is 0 Å². The second-order valence-corrected chi connectivity index (χ2v) is 5.07. The van der Waals surface area contributed by atoms with E-state index in [0.29, 0.717) is 5.25 Å². The monoisotopic (exact) mass is 233 g/mol. The maximum atomic E-state index is 5.10. The van der Waals surface area contributed by atoms with E-state index >= 15 is 0 Å². The fourth-order valence-corrected chi connectivity index (χ4v) is 2.44. The number of aromatic nitrogens is 3. The Kier molecular flexibility index (Phi) is 2.07. The fraction of sp³-hybridized carbons (Fsp3) is 0.100. The van der Waals surface area contributed by atoms with Gasteiger partial charge in [0.2, 0.25) is 0 Å². The van der Waals surface area contributed by atoms with Crippen LogP contribution in [-0.4, -0.2) is 19.2 Å². The number of nitrogens with zero attached hydrogens (tertiary/aromatic N) is 3. The molecule has 1 aromatic heterocycles. The van der Waals surface area contributed by atoms with Gasteiger partial charge in [-0.15, -0.1) is 11.8 Å². The van der Waals surface area contributed by atoms with Crippen LogP contribution in [0.25, 0.3) is 5.69 Å². The molecule has 1 aliphatic heterocycles. The highest BCUT2D eigenvalue weighted by Gasteiger charge is 2.32. The Morgan fingerprint density at radius 3 is 2.27 bits per heavy atom. The minimum atomic E-state index is 0.430. The molecule has 3 nitrogen and oxygen atoms in total. The quantitative estimate of drug-likeness (QED) is 0.588. The van der Waals surface area contributed by atoms with Crippen LogP contribution in [0, 0.1) is 0 Å². The lowest BCUT2D eigenvalue weighted by Crippen LogP contribution is -1.97. The molecule has 1 fully saturated rings. The lowest BCUT2D eigenvalue weighted by Gasteiger charge is -2.00. The average Bonchev–Trinajstić information content (AvgIpc) is 2.82. The van der Waals surface area contributed by atoms with Gasteiger partial charge in [0, 0.05) is 0 Å². The summed E-state index contributed by atoms with van der Waals surface area (Å²) in [5.41, 5.74) is 2.24. The Balaban J connectivity index is 1.91. The fourth-order valence-electron chi connectivity index (χ4n) is 1.42. The summed E-state index contributed by atoms with van der Waals surface area (Å²) in [6.45, 7) is 0. The van der Waals surface area contributed by atoms with Gasteiger partial charge in [0.05, 0.1) is 27.5 Å². The topological polar surface area (TPSA) is 30.7 Å². The van der Waals surface area contributed by atoms with Crippen LogP contribution in [0.1, 0.15) is 10.8 Å². The molecule has 0 bridgehead atoms. The Morgan fingerprint density at radius 2 is 1.73 bits per heavy atom. The Labute approximate surface area is 96.5 Å². The molecular formula is C10H7N3S2. The third-order valence-corrected chi connectivity index (χ3v) is 3.87. The van der Waals surface area contributed by atoms with E-state index in [0.717, 1.165) is 9.88 Å². The van der Waals surface area contributed by atoms with Gasteiger partial charge in [0.25, 0.3) is 0 Å². The van der Waals surface area contributed by atoms with Gasteiger partial charge in [0.1, 0.15) is 0 Å². The van der Waals surface area contributed by atoms with Crippen molar-refractivity contribution >= 4 is 28.2 Å². The number of hydrogen-bond donors (Lipinski definition) is 0. The zero-order valence-electron chi connectivity index (χ0n) is 7.70. The summed E-state index contributed by atoms with van der Waals surface area (Å²) < 4.78 is 1.08. The van der Waals surface area contributed by atoms with E-state index in [2.05, 4.69) is 22.3 Å². The van der Waals surface area contributed by atoms with E-state index in [-0.39, 0.29) is 0 Å². The van der Waals surface area contributed by atoms with Crippen molar-refractivity contribution in [3.05, 3.63) is 42.2 Å². The molecule has 1 aromatic carbocycles. The summed E-state index contributed by atoms with van der Waals surface area (Å²) >= 11 is 6.84. The minimum Gasteiger partial charge on any atom is -0.157 e. The predicted octanol–water partition coefficient (Wildman–Crippen LogP) is 2.38. The summed E-state index contributed by atoms with van der Waals surface area (Å²) in [5, 5.41) is 8.56. The van der Waals surface area contributed by atoms with E-state index in [1.54, 1.807) is 29.0 Å². The number of hydrogen-bond acceptors (Lipinski definition) is 4. The molecular weight excluding hydrogens is 226 g/mol. The van der Waals surface area contributed by atoms with Crippen LogP contribution in [0.3, 0.4) is 0 Å². The van der Waals surface area contributed by atoms with Gasteiger partial charge in [-0.2, -0.15) is 15.0 Å². The van der Waals surface area contributed by atoms with Crippen LogP contribution in [-0.2, 0) is 0 Å². The van der Waals surface area contributed by atoms with Crippen LogP contribution in [0.5, 0.6) is 0 Å². The largest absolute Gasteiger partial charge is 0.157 e. The molecule has 1 aliphatic rings. The Morgan fingerprint density at radius 1 is 1.13 bits per heavy atom. The predicted molar refractivity (Wildman–Crippen MR) is 64.3 cm³/mol. The maximum absolute atomic E-state index is 5.10. The second kappa shape index (κ2) is 3.43. The first-order valence-electron chi connectivity index (χ1n) is 4.52. The van der Waals surface area contributed by atoms with Crippen LogP contribution in [0.4, 0.5) is 0 Å². The highest BCUT2D eigenvalue weighted by Crippen LogP contribution is 2.49. The van der Waals surface area contributed by atoms with Crippen molar-refractivity contribution in [1.29, 1.82) is 0 Å². The summed E-state index contributed by atoms with van der Waals surface area (Å²) in [6, 6.07) is 8.18. The first kappa shape index (κ1) is 9.06. The van der Waals surface area contributed by atoms with Crippen LogP contribution < -0.4 is 0 Å². The summed E-state index contributed by atoms with van der Waals surface area (Å²) in [4.78, 5) is 1.60. The average molecular weight is 233 g/mol. The number of benzene rings is 1. The number of thiocarbonyl (C=S) groups is 1. The highest BCUT2D eigenvalue weighted by atomic mass is 32.2. The van der Waals surface area contributed by atoms with Gasteiger partial charge >= 0.3 is 0 Å². The lowest BCUT2D eigenvalue weighted by molar-refractivity contribution is 0.751. The van der Waals surface area contributed by atoms with Crippen molar-refractivity contribution < 1.29 is 0 Å². The van der Waals surface area contributed by atoms with E-state index in [1.165, 1.54) is 5.56 Å². The number of rotatable bonds is 2. The SMILES string of the molecule is S=C1SC1c1ccc(-n2nccn2)cc1. The van der Waals surface area contributed by atoms with Crippen molar-refractivity contribution in [3.63, 3.8) is 0 Å². The molecule has 0 radical (unpaired) electrons. The molecule has 2 heterocycles. The van der Waals surface area contributed by atoms with E-state index in [9.17, 15) is 0 Å². The molecule has 74 valence electrons. The molecule has 0 saturated carbocycles.